The van der Waals surface area contributed by atoms with Crippen LogP contribution in [0.5, 0.6) is 0 Å². The van der Waals surface area contributed by atoms with Gasteiger partial charge in [0.15, 0.2) is 0 Å². The lowest BCUT2D eigenvalue weighted by molar-refractivity contribution is -0.137. The molecule has 4 aromatic rings. The zero-order chi connectivity index (χ0) is 26.0. The van der Waals surface area contributed by atoms with Crippen molar-refractivity contribution in [2.75, 3.05) is 5.32 Å². The van der Waals surface area contributed by atoms with Gasteiger partial charge in [0, 0.05) is 16.6 Å². The highest BCUT2D eigenvalue weighted by atomic mass is 19.4. The number of hydrogen-bond acceptors (Lipinski definition) is 4. The van der Waals surface area contributed by atoms with Gasteiger partial charge in [-0.25, -0.2) is 4.99 Å². The quantitative estimate of drug-likeness (QED) is 0.309. The zero-order valence-electron chi connectivity index (χ0n) is 19.9. The van der Waals surface area contributed by atoms with Crippen LogP contribution < -0.4 is 10.6 Å². The van der Waals surface area contributed by atoms with E-state index in [0.29, 0.717) is 41.2 Å². The van der Waals surface area contributed by atoms with Crippen molar-refractivity contribution >= 4 is 28.3 Å². The molecule has 3 aromatic carbocycles. The molecule has 188 valence electrons. The molecule has 0 saturated heterocycles. The van der Waals surface area contributed by atoms with Crippen LogP contribution in [0.2, 0.25) is 0 Å². The monoisotopic (exact) mass is 503 g/mol. The Hall–Kier alpha value is -4.40. The minimum absolute atomic E-state index is 0.304. The molecule has 1 aliphatic rings. The number of aryl methyl sites for hydroxylation is 1. The van der Waals surface area contributed by atoms with E-state index in [1.807, 2.05) is 42.5 Å². The van der Waals surface area contributed by atoms with E-state index in [0.717, 1.165) is 28.6 Å². The Morgan fingerprint density at radius 2 is 1.84 bits per heavy atom. The van der Waals surface area contributed by atoms with E-state index in [2.05, 4.69) is 25.8 Å². The van der Waals surface area contributed by atoms with E-state index in [-0.39, 0.29) is 5.91 Å². The molecule has 37 heavy (non-hydrogen) atoms. The predicted molar refractivity (Wildman–Crippen MR) is 137 cm³/mol. The van der Waals surface area contributed by atoms with Gasteiger partial charge in [-0.2, -0.15) is 18.3 Å². The number of hydrogen-bond donors (Lipinski definition) is 3. The fourth-order valence-electron chi connectivity index (χ4n) is 4.45. The number of aromatic nitrogens is 2. The number of carbonyl (C=O) groups is 1. The van der Waals surface area contributed by atoms with Crippen molar-refractivity contribution in [1.29, 1.82) is 0 Å². The maximum Gasteiger partial charge on any atom is 0.416 e. The van der Waals surface area contributed by atoms with Crippen LogP contribution in [0.25, 0.3) is 10.9 Å². The summed E-state index contributed by atoms with van der Waals surface area (Å²) >= 11 is 0. The number of amidine groups is 1. The first-order valence-electron chi connectivity index (χ1n) is 11.8. The van der Waals surface area contributed by atoms with Crippen molar-refractivity contribution in [2.45, 2.75) is 32.0 Å². The number of H-pyrrole nitrogens is 1. The van der Waals surface area contributed by atoms with E-state index in [4.69, 9.17) is 0 Å². The maximum absolute atomic E-state index is 13.5. The van der Waals surface area contributed by atoms with E-state index < -0.39 is 17.8 Å². The lowest BCUT2D eigenvalue weighted by atomic mass is 9.94. The van der Waals surface area contributed by atoms with Crippen LogP contribution in [0.3, 0.4) is 0 Å². The number of carbonyl (C=O) groups excluding carboxylic acids is 1. The number of benzene rings is 3. The van der Waals surface area contributed by atoms with Gasteiger partial charge in [0.1, 0.15) is 5.84 Å². The van der Waals surface area contributed by atoms with Crippen molar-refractivity contribution in [3.8, 4) is 0 Å². The third kappa shape index (κ3) is 5.40. The van der Waals surface area contributed by atoms with Crippen LogP contribution in [0.1, 0.15) is 30.0 Å². The number of rotatable bonds is 6. The summed E-state index contributed by atoms with van der Waals surface area (Å²) in [6.07, 6.45) is -1.59. The molecule has 0 spiro atoms. The van der Waals surface area contributed by atoms with Gasteiger partial charge in [0.05, 0.1) is 34.6 Å². The molecule has 3 N–H and O–H groups in total. The molecule has 1 aliphatic heterocycles. The van der Waals surface area contributed by atoms with Gasteiger partial charge in [-0.1, -0.05) is 42.5 Å². The van der Waals surface area contributed by atoms with Crippen LogP contribution in [0, 0.1) is 0 Å². The average Bonchev–Trinajstić information content (AvgIpc) is 3.35. The molecular weight excluding hydrogens is 479 g/mol. The Kier molecular flexibility index (Phi) is 6.52. The number of amides is 1. The first-order chi connectivity index (χ1) is 17.8. The number of allylic oxidation sites excluding steroid dienone is 1. The van der Waals surface area contributed by atoms with Gasteiger partial charge in [-0.15, -0.1) is 0 Å². The van der Waals surface area contributed by atoms with Gasteiger partial charge in [-0.3, -0.25) is 9.89 Å². The van der Waals surface area contributed by atoms with Gasteiger partial charge < -0.3 is 10.6 Å². The van der Waals surface area contributed by atoms with E-state index >= 15 is 0 Å². The number of fused-ring (bicyclic) bond motifs is 1. The van der Waals surface area contributed by atoms with Crippen LogP contribution in [-0.2, 0) is 17.4 Å². The van der Waals surface area contributed by atoms with Gasteiger partial charge in [0.25, 0.3) is 5.91 Å². The topological polar surface area (TPSA) is 82.2 Å². The zero-order valence-corrected chi connectivity index (χ0v) is 19.9. The molecule has 1 amide bonds. The third-order valence-electron chi connectivity index (χ3n) is 6.30. The number of anilines is 1. The van der Waals surface area contributed by atoms with Gasteiger partial charge >= 0.3 is 6.18 Å². The van der Waals surface area contributed by atoms with Crippen LogP contribution in [0.15, 0.2) is 95.3 Å². The van der Waals surface area contributed by atoms with E-state index in [9.17, 15) is 18.0 Å². The third-order valence-corrected chi connectivity index (χ3v) is 6.30. The smallest absolute Gasteiger partial charge is 0.362 e. The Morgan fingerprint density at radius 3 is 2.62 bits per heavy atom. The number of aliphatic imine (C=N–C) groups is 1. The van der Waals surface area contributed by atoms with Crippen molar-refractivity contribution in [2.24, 2.45) is 4.99 Å². The molecule has 1 atom stereocenters. The number of nitrogens with one attached hydrogen (secondary N) is 3. The Labute approximate surface area is 211 Å². The molecule has 2 heterocycles. The van der Waals surface area contributed by atoms with Gasteiger partial charge in [0.2, 0.25) is 0 Å². The van der Waals surface area contributed by atoms with Crippen molar-refractivity contribution in [3.63, 3.8) is 0 Å². The summed E-state index contributed by atoms with van der Waals surface area (Å²) in [7, 11) is 0. The molecule has 9 heteroatoms. The molecule has 0 bridgehead atoms. The van der Waals surface area contributed by atoms with E-state index in [1.54, 1.807) is 25.3 Å². The van der Waals surface area contributed by atoms with Crippen molar-refractivity contribution < 1.29 is 18.0 Å². The first kappa shape index (κ1) is 24.3. The Bertz CT molecular complexity index is 1510. The Balaban J connectivity index is 1.47. The summed E-state index contributed by atoms with van der Waals surface area (Å²) in [5, 5.41) is 13.9. The lowest BCUT2D eigenvalue weighted by Gasteiger charge is -2.28. The fourth-order valence-corrected chi connectivity index (χ4v) is 4.45. The minimum atomic E-state index is -4.47. The largest absolute Gasteiger partial charge is 0.416 e. The summed E-state index contributed by atoms with van der Waals surface area (Å²) in [4.78, 5) is 18.0. The summed E-state index contributed by atoms with van der Waals surface area (Å²) in [6.45, 7) is 1.71. The second kappa shape index (κ2) is 9.93. The Morgan fingerprint density at radius 1 is 1.03 bits per heavy atom. The predicted octanol–water partition coefficient (Wildman–Crippen LogP) is 5.85. The number of halogens is 3. The molecular formula is C28H24F3N5O. The highest BCUT2D eigenvalue weighted by Gasteiger charge is 2.32. The lowest BCUT2D eigenvalue weighted by Crippen LogP contribution is -2.43. The number of aromatic amines is 1. The molecule has 0 radical (unpaired) electrons. The highest BCUT2D eigenvalue weighted by Crippen LogP contribution is 2.30. The van der Waals surface area contributed by atoms with Crippen LogP contribution in [0.4, 0.5) is 18.9 Å². The number of nitrogens with zero attached hydrogens (tertiary/aromatic N) is 2. The average molecular weight is 504 g/mol. The minimum Gasteiger partial charge on any atom is -0.362 e. The number of alkyl halides is 3. The van der Waals surface area contributed by atoms with Gasteiger partial charge in [-0.05, 0) is 55.7 Å². The first-order valence-corrected chi connectivity index (χ1v) is 11.8. The molecule has 0 fully saturated rings. The van der Waals surface area contributed by atoms with E-state index in [1.165, 1.54) is 6.07 Å². The second-order valence-electron chi connectivity index (χ2n) is 8.89. The normalized spacial score (nSPS) is 15.9. The molecule has 6 nitrogen and oxygen atoms in total. The standard InChI is InChI=1S/C28H24F3N5O/c1-17-25(27(37)34-22-11-13-23-20(15-22)16-32-36-23)24(12-10-18-6-3-2-4-7-18)35-26(33-17)19-8-5-9-21(14-19)28(29,30)31/h2-9,11,13-16,24H,10,12H2,1H3,(H,32,36)(H,33,35)(H,34,37). The molecule has 1 unspecified atom stereocenters. The maximum atomic E-state index is 13.5. The van der Waals surface area contributed by atoms with Crippen LogP contribution >= 0.6 is 0 Å². The summed E-state index contributed by atoms with van der Waals surface area (Å²) in [6, 6.07) is 19.8. The van der Waals surface area contributed by atoms with Crippen molar-refractivity contribution in [1.82, 2.24) is 15.5 Å². The highest BCUT2D eigenvalue weighted by molar-refractivity contribution is 6.09. The molecule has 5 rings (SSSR count). The summed E-state index contributed by atoms with van der Waals surface area (Å²) in [5.74, 6) is -0.0178. The summed E-state index contributed by atoms with van der Waals surface area (Å²) < 4.78 is 40.0. The van der Waals surface area contributed by atoms with Crippen molar-refractivity contribution in [3.05, 3.63) is 107 Å². The molecule has 0 aliphatic carbocycles. The van der Waals surface area contributed by atoms with Crippen LogP contribution in [-0.4, -0.2) is 28.0 Å². The fraction of sp³-hybridized carbons (Fsp3) is 0.179. The summed E-state index contributed by atoms with van der Waals surface area (Å²) in [5.41, 5.74) is 3.00. The second-order valence-corrected chi connectivity index (χ2v) is 8.89. The SMILES string of the molecule is CC1=C(C(=O)Nc2ccc3[nH]ncc3c2)C(CCc2ccccc2)NC(c2cccc(C(F)(F)F)c2)=N1. The molecule has 0 saturated carbocycles. The molecule has 1 aromatic heterocycles.